The summed E-state index contributed by atoms with van der Waals surface area (Å²) in [5.41, 5.74) is 9.37. The molecule has 3 rings (SSSR count). The summed E-state index contributed by atoms with van der Waals surface area (Å²) in [6, 6.07) is 6.36. The molecule has 20 heavy (non-hydrogen) atoms. The first-order valence-corrected chi connectivity index (χ1v) is 7.78. The normalized spacial score (nSPS) is 20.8. The summed E-state index contributed by atoms with van der Waals surface area (Å²) in [6.07, 6.45) is 6.33. The third kappa shape index (κ3) is 2.05. The maximum atomic E-state index is 13.1. The number of anilines is 1. The molecule has 2 N–H and O–H groups in total. The van der Waals surface area contributed by atoms with Gasteiger partial charge in [-0.25, -0.2) is 0 Å². The molecule has 3 heteroatoms. The van der Waals surface area contributed by atoms with Crippen LogP contribution in [0.4, 0.5) is 5.69 Å². The van der Waals surface area contributed by atoms with E-state index in [4.69, 9.17) is 5.73 Å². The van der Waals surface area contributed by atoms with Gasteiger partial charge in [0.25, 0.3) is 0 Å². The van der Waals surface area contributed by atoms with E-state index in [0.29, 0.717) is 6.54 Å². The summed E-state index contributed by atoms with van der Waals surface area (Å²) in [5.74, 6) is 0.271. The molecule has 1 saturated carbocycles. The summed E-state index contributed by atoms with van der Waals surface area (Å²) >= 11 is 0. The van der Waals surface area contributed by atoms with Gasteiger partial charge in [0.15, 0.2) is 0 Å². The smallest absolute Gasteiger partial charge is 0.234 e. The Hall–Kier alpha value is -1.35. The number of amides is 1. The number of carbonyl (C=O) groups excluding carboxylic acids is 1. The summed E-state index contributed by atoms with van der Waals surface area (Å²) < 4.78 is 0. The fourth-order valence-corrected chi connectivity index (χ4v) is 3.89. The van der Waals surface area contributed by atoms with Gasteiger partial charge in [0.05, 0.1) is 5.41 Å². The van der Waals surface area contributed by atoms with Crippen LogP contribution >= 0.6 is 0 Å². The van der Waals surface area contributed by atoms with Crippen molar-refractivity contribution in [2.24, 2.45) is 11.1 Å². The van der Waals surface area contributed by atoms with E-state index < -0.39 is 0 Å². The Bertz CT molecular complexity index is 518. The predicted molar refractivity (Wildman–Crippen MR) is 81.8 cm³/mol. The van der Waals surface area contributed by atoms with E-state index in [2.05, 4.69) is 25.1 Å². The van der Waals surface area contributed by atoms with Crippen molar-refractivity contribution in [1.82, 2.24) is 0 Å². The number of hydrogen-bond donors (Lipinski definition) is 1. The van der Waals surface area contributed by atoms with Crippen molar-refractivity contribution in [1.29, 1.82) is 0 Å². The summed E-state index contributed by atoms with van der Waals surface area (Å²) in [6.45, 7) is 3.44. The minimum absolute atomic E-state index is 0.271. The molecule has 0 unspecified atom stereocenters. The molecular formula is C17H24N2O. The second-order valence-electron chi connectivity index (χ2n) is 6.33. The third-order valence-corrected chi connectivity index (χ3v) is 5.07. The van der Waals surface area contributed by atoms with Crippen LogP contribution in [0.25, 0.3) is 0 Å². The maximum absolute atomic E-state index is 13.1. The predicted octanol–water partition coefficient (Wildman–Crippen LogP) is 2.79. The van der Waals surface area contributed by atoms with Gasteiger partial charge in [-0.3, -0.25) is 4.79 Å². The van der Waals surface area contributed by atoms with Crippen LogP contribution in [-0.2, 0) is 11.2 Å². The van der Waals surface area contributed by atoms with Crippen molar-refractivity contribution in [2.45, 2.75) is 45.4 Å². The molecule has 1 aromatic carbocycles. The number of fused-ring (bicyclic) bond motifs is 1. The minimum atomic E-state index is -0.295. The van der Waals surface area contributed by atoms with Crippen molar-refractivity contribution >= 4 is 11.6 Å². The molecule has 1 aromatic rings. The highest BCUT2D eigenvalue weighted by Gasteiger charge is 2.43. The summed E-state index contributed by atoms with van der Waals surface area (Å²) in [7, 11) is 0. The van der Waals surface area contributed by atoms with Crippen LogP contribution in [0.3, 0.4) is 0 Å². The summed E-state index contributed by atoms with van der Waals surface area (Å²) in [5, 5.41) is 0. The van der Waals surface area contributed by atoms with Gasteiger partial charge in [0.2, 0.25) is 5.91 Å². The van der Waals surface area contributed by atoms with Crippen molar-refractivity contribution in [3.63, 3.8) is 0 Å². The van der Waals surface area contributed by atoms with Crippen molar-refractivity contribution in [3.8, 4) is 0 Å². The number of aryl methyl sites for hydroxylation is 2. The lowest BCUT2D eigenvalue weighted by molar-refractivity contribution is -0.127. The van der Waals surface area contributed by atoms with Gasteiger partial charge in [0.1, 0.15) is 0 Å². The Kier molecular flexibility index (Phi) is 3.55. The van der Waals surface area contributed by atoms with Crippen LogP contribution in [0.5, 0.6) is 0 Å². The first-order valence-electron chi connectivity index (χ1n) is 7.78. The van der Waals surface area contributed by atoms with E-state index in [1.54, 1.807) is 0 Å². The lowest BCUT2D eigenvalue weighted by Crippen LogP contribution is -2.48. The molecule has 1 heterocycles. The largest absolute Gasteiger partial charge is 0.329 e. The maximum Gasteiger partial charge on any atom is 0.234 e. The average molecular weight is 272 g/mol. The zero-order chi connectivity index (χ0) is 14.2. The van der Waals surface area contributed by atoms with Crippen molar-refractivity contribution in [3.05, 3.63) is 29.3 Å². The standard InChI is InChI=1S/C17H24N2O/c1-13-6-4-7-14-8-5-11-19(15(13)14)16(20)17(12-18)9-2-3-10-17/h4,6-7H,2-3,5,8-12,18H2,1H3. The van der Waals surface area contributed by atoms with Gasteiger partial charge in [0, 0.05) is 18.8 Å². The molecule has 0 radical (unpaired) electrons. The Morgan fingerprint density at radius 3 is 2.75 bits per heavy atom. The number of nitrogens with two attached hydrogens (primary N) is 1. The van der Waals surface area contributed by atoms with E-state index in [-0.39, 0.29) is 11.3 Å². The molecule has 3 nitrogen and oxygen atoms in total. The topological polar surface area (TPSA) is 46.3 Å². The zero-order valence-electron chi connectivity index (χ0n) is 12.3. The SMILES string of the molecule is Cc1cccc2c1N(C(=O)C1(CN)CCCC1)CCC2. The lowest BCUT2D eigenvalue weighted by Gasteiger charge is -2.37. The molecule has 1 amide bonds. The van der Waals surface area contributed by atoms with Crippen LogP contribution in [0.1, 0.15) is 43.2 Å². The highest BCUT2D eigenvalue weighted by Crippen LogP contribution is 2.41. The first-order chi connectivity index (χ1) is 9.68. The molecule has 0 aromatic heterocycles. The minimum Gasteiger partial charge on any atom is -0.329 e. The fourth-order valence-electron chi connectivity index (χ4n) is 3.89. The van der Waals surface area contributed by atoms with Crippen LogP contribution in [0.2, 0.25) is 0 Å². The number of rotatable bonds is 2. The molecule has 1 aliphatic carbocycles. The molecule has 2 aliphatic rings. The Balaban J connectivity index is 1.98. The number of nitrogens with zero attached hydrogens (tertiary/aromatic N) is 1. The van der Waals surface area contributed by atoms with E-state index in [1.165, 1.54) is 11.1 Å². The highest BCUT2D eigenvalue weighted by atomic mass is 16.2. The Morgan fingerprint density at radius 2 is 2.05 bits per heavy atom. The van der Waals surface area contributed by atoms with Crippen LogP contribution in [-0.4, -0.2) is 19.0 Å². The molecule has 0 bridgehead atoms. The van der Waals surface area contributed by atoms with Gasteiger partial charge >= 0.3 is 0 Å². The van der Waals surface area contributed by atoms with Gasteiger partial charge in [-0.15, -0.1) is 0 Å². The number of benzene rings is 1. The molecule has 0 spiro atoms. The Morgan fingerprint density at radius 1 is 1.30 bits per heavy atom. The monoisotopic (exact) mass is 272 g/mol. The Labute approximate surface area is 121 Å². The zero-order valence-corrected chi connectivity index (χ0v) is 12.3. The lowest BCUT2D eigenvalue weighted by atomic mass is 9.83. The van der Waals surface area contributed by atoms with Crippen LogP contribution in [0, 0.1) is 12.3 Å². The second-order valence-corrected chi connectivity index (χ2v) is 6.33. The molecule has 108 valence electrons. The fraction of sp³-hybridized carbons (Fsp3) is 0.588. The molecule has 1 aliphatic heterocycles. The van der Waals surface area contributed by atoms with E-state index in [9.17, 15) is 4.79 Å². The van der Waals surface area contributed by atoms with Gasteiger partial charge < -0.3 is 10.6 Å². The second kappa shape index (κ2) is 5.21. The van der Waals surface area contributed by atoms with Crippen LogP contribution < -0.4 is 10.6 Å². The van der Waals surface area contributed by atoms with Gasteiger partial charge in [-0.05, 0) is 43.7 Å². The van der Waals surface area contributed by atoms with Crippen molar-refractivity contribution in [2.75, 3.05) is 18.0 Å². The average Bonchev–Trinajstić information content (AvgIpc) is 2.96. The summed E-state index contributed by atoms with van der Waals surface area (Å²) in [4.78, 5) is 15.1. The molecular weight excluding hydrogens is 248 g/mol. The van der Waals surface area contributed by atoms with Crippen LogP contribution in [0.15, 0.2) is 18.2 Å². The van der Waals surface area contributed by atoms with Gasteiger partial charge in [-0.1, -0.05) is 31.0 Å². The first kappa shape index (κ1) is 13.6. The molecule has 1 fully saturated rings. The third-order valence-electron chi connectivity index (χ3n) is 5.07. The molecule has 0 saturated heterocycles. The highest BCUT2D eigenvalue weighted by molar-refractivity contribution is 5.99. The van der Waals surface area contributed by atoms with E-state index in [0.717, 1.165) is 50.8 Å². The van der Waals surface area contributed by atoms with E-state index in [1.807, 2.05) is 4.90 Å². The number of para-hydroxylation sites is 1. The number of carbonyl (C=O) groups is 1. The van der Waals surface area contributed by atoms with E-state index >= 15 is 0 Å². The molecule has 0 atom stereocenters. The quantitative estimate of drug-likeness (QED) is 0.900. The van der Waals surface area contributed by atoms with Gasteiger partial charge in [-0.2, -0.15) is 0 Å². The van der Waals surface area contributed by atoms with Crippen molar-refractivity contribution < 1.29 is 4.79 Å². The number of hydrogen-bond acceptors (Lipinski definition) is 2.